The van der Waals surface area contributed by atoms with Gasteiger partial charge in [0, 0.05) is 13.2 Å². The Morgan fingerprint density at radius 3 is 2.94 bits per heavy atom. The quantitative estimate of drug-likeness (QED) is 0.733. The molecule has 0 radical (unpaired) electrons. The third-order valence-electron chi connectivity index (χ3n) is 2.38. The number of phenols is 1. The first-order chi connectivity index (χ1) is 8.65. The zero-order chi connectivity index (χ0) is 13.4. The highest BCUT2D eigenvalue weighted by molar-refractivity contribution is 5.96. The van der Waals surface area contributed by atoms with E-state index in [0.29, 0.717) is 19.8 Å². The third kappa shape index (κ3) is 4.71. The van der Waals surface area contributed by atoms with E-state index in [1.165, 1.54) is 0 Å². The standard InChI is InChI=1S/C13H18FNO3/c1-2-3-7-18-8-6-15-13(17)11-9-10(14)4-5-12(11)16/h4-5,9,16H,2-3,6-8H2,1H3,(H,15,17). The van der Waals surface area contributed by atoms with E-state index in [1.54, 1.807) is 0 Å². The van der Waals surface area contributed by atoms with Gasteiger partial charge in [-0.3, -0.25) is 4.79 Å². The van der Waals surface area contributed by atoms with Crippen LogP contribution in [0.25, 0.3) is 0 Å². The van der Waals surface area contributed by atoms with Crippen molar-refractivity contribution in [2.45, 2.75) is 19.8 Å². The molecule has 0 aliphatic rings. The van der Waals surface area contributed by atoms with Gasteiger partial charge < -0.3 is 15.2 Å². The first-order valence-corrected chi connectivity index (χ1v) is 5.99. The second-order valence-corrected chi connectivity index (χ2v) is 3.88. The predicted molar refractivity (Wildman–Crippen MR) is 66.1 cm³/mol. The van der Waals surface area contributed by atoms with Crippen LogP contribution in [0.3, 0.4) is 0 Å². The Bertz CT molecular complexity index is 396. The first-order valence-electron chi connectivity index (χ1n) is 5.99. The fraction of sp³-hybridized carbons (Fsp3) is 0.462. The van der Waals surface area contributed by atoms with Gasteiger partial charge in [-0.25, -0.2) is 4.39 Å². The molecule has 0 aliphatic carbocycles. The first kappa shape index (κ1) is 14.4. The maximum atomic E-state index is 12.9. The lowest BCUT2D eigenvalue weighted by atomic mass is 10.2. The highest BCUT2D eigenvalue weighted by atomic mass is 19.1. The molecular weight excluding hydrogens is 237 g/mol. The molecule has 0 spiro atoms. The van der Waals surface area contributed by atoms with Crippen molar-refractivity contribution in [2.24, 2.45) is 0 Å². The number of amides is 1. The number of carbonyl (C=O) groups is 1. The van der Waals surface area contributed by atoms with Gasteiger partial charge in [-0.05, 0) is 24.6 Å². The summed E-state index contributed by atoms with van der Waals surface area (Å²) in [5, 5.41) is 12.0. The molecule has 0 unspecified atom stereocenters. The molecule has 1 aromatic rings. The van der Waals surface area contributed by atoms with E-state index in [1.807, 2.05) is 0 Å². The lowest BCUT2D eigenvalue weighted by molar-refractivity contribution is 0.0910. The molecule has 0 saturated heterocycles. The molecule has 0 atom stereocenters. The number of hydrogen-bond acceptors (Lipinski definition) is 3. The van der Waals surface area contributed by atoms with Gasteiger partial charge in [-0.1, -0.05) is 13.3 Å². The largest absolute Gasteiger partial charge is 0.507 e. The molecule has 0 saturated carbocycles. The molecule has 0 heterocycles. The van der Waals surface area contributed by atoms with Crippen molar-refractivity contribution >= 4 is 5.91 Å². The monoisotopic (exact) mass is 255 g/mol. The van der Waals surface area contributed by atoms with Gasteiger partial charge in [0.05, 0.1) is 12.2 Å². The molecule has 0 fully saturated rings. The van der Waals surface area contributed by atoms with Gasteiger partial charge in [-0.2, -0.15) is 0 Å². The highest BCUT2D eigenvalue weighted by Gasteiger charge is 2.11. The van der Waals surface area contributed by atoms with Gasteiger partial charge >= 0.3 is 0 Å². The number of rotatable bonds is 7. The van der Waals surface area contributed by atoms with Crippen LogP contribution >= 0.6 is 0 Å². The molecule has 1 aromatic carbocycles. The summed E-state index contributed by atoms with van der Waals surface area (Å²) in [5.74, 6) is -1.30. The molecule has 5 heteroatoms. The number of phenolic OH excluding ortho intramolecular Hbond substituents is 1. The molecule has 2 N–H and O–H groups in total. The molecule has 0 aliphatic heterocycles. The van der Waals surface area contributed by atoms with Gasteiger partial charge in [0.15, 0.2) is 0 Å². The number of ether oxygens (including phenoxy) is 1. The van der Waals surface area contributed by atoms with E-state index >= 15 is 0 Å². The number of unbranched alkanes of at least 4 members (excludes halogenated alkanes) is 1. The van der Waals surface area contributed by atoms with Crippen LogP contribution in [0.5, 0.6) is 5.75 Å². The van der Waals surface area contributed by atoms with Crippen LogP contribution in [0.15, 0.2) is 18.2 Å². The van der Waals surface area contributed by atoms with E-state index in [0.717, 1.165) is 31.0 Å². The fourth-order valence-electron chi connectivity index (χ4n) is 1.37. The summed E-state index contributed by atoms with van der Waals surface area (Å²) in [6, 6.07) is 3.25. The number of nitrogens with one attached hydrogen (secondary N) is 1. The maximum Gasteiger partial charge on any atom is 0.255 e. The molecule has 4 nitrogen and oxygen atoms in total. The summed E-state index contributed by atoms with van der Waals surface area (Å²) in [5.41, 5.74) is -0.0661. The second kappa shape index (κ2) is 7.66. The molecule has 0 aromatic heterocycles. The van der Waals surface area contributed by atoms with Gasteiger partial charge in [0.2, 0.25) is 0 Å². The summed E-state index contributed by atoms with van der Waals surface area (Å²) in [6.45, 7) is 3.47. The van der Waals surface area contributed by atoms with E-state index in [9.17, 15) is 14.3 Å². The predicted octanol–water partition coefficient (Wildman–Crippen LogP) is 2.08. The minimum absolute atomic E-state index is 0.0661. The zero-order valence-corrected chi connectivity index (χ0v) is 10.4. The minimum Gasteiger partial charge on any atom is -0.507 e. The lowest BCUT2D eigenvalue weighted by Crippen LogP contribution is -2.27. The van der Waals surface area contributed by atoms with Crippen molar-refractivity contribution in [3.05, 3.63) is 29.6 Å². The van der Waals surface area contributed by atoms with Crippen molar-refractivity contribution in [3.63, 3.8) is 0 Å². The van der Waals surface area contributed by atoms with E-state index in [4.69, 9.17) is 4.74 Å². The lowest BCUT2D eigenvalue weighted by Gasteiger charge is -2.07. The van der Waals surface area contributed by atoms with Crippen LogP contribution in [0.4, 0.5) is 4.39 Å². The Morgan fingerprint density at radius 2 is 2.22 bits per heavy atom. The van der Waals surface area contributed by atoms with Crippen LogP contribution in [0.1, 0.15) is 30.1 Å². The maximum absolute atomic E-state index is 12.9. The highest BCUT2D eigenvalue weighted by Crippen LogP contribution is 2.17. The smallest absolute Gasteiger partial charge is 0.255 e. The summed E-state index contributed by atoms with van der Waals surface area (Å²) >= 11 is 0. The van der Waals surface area contributed by atoms with Crippen molar-refractivity contribution in [2.75, 3.05) is 19.8 Å². The second-order valence-electron chi connectivity index (χ2n) is 3.88. The Kier molecular flexibility index (Phi) is 6.14. The normalized spacial score (nSPS) is 10.3. The Morgan fingerprint density at radius 1 is 1.44 bits per heavy atom. The average molecular weight is 255 g/mol. The topological polar surface area (TPSA) is 58.6 Å². The number of halogens is 1. The Hall–Kier alpha value is -1.62. The van der Waals surface area contributed by atoms with Crippen molar-refractivity contribution in [1.82, 2.24) is 5.32 Å². The van der Waals surface area contributed by atoms with Crippen LogP contribution in [-0.2, 0) is 4.74 Å². The van der Waals surface area contributed by atoms with Gasteiger partial charge in [0.25, 0.3) is 5.91 Å². The molecule has 100 valence electrons. The molecular formula is C13H18FNO3. The Labute approximate surface area is 106 Å². The van der Waals surface area contributed by atoms with Crippen molar-refractivity contribution in [3.8, 4) is 5.75 Å². The zero-order valence-electron chi connectivity index (χ0n) is 10.4. The summed E-state index contributed by atoms with van der Waals surface area (Å²) in [6.07, 6.45) is 2.04. The van der Waals surface area contributed by atoms with E-state index in [2.05, 4.69) is 12.2 Å². The Balaban J connectivity index is 2.34. The number of aromatic hydroxyl groups is 1. The SMILES string of the molecule is CCCCOCCNC(=O)c1cc(F)ccc1O. The van der Waals surface area contributed by atoms with Crippen molar-refractivity contribution < 1.29 is 19.0 Å². The van der Waals surface area contributed by atoms with Gasteiger partial charge in [-0.15, -0.1) is 0 Å². The molecule has 1 rings (SSSR count). The number of hydrogen-bond donors (Lipinski definition) is 2. The molecule has 18 heavy (non-hydrogen) atoms. The minimum atomic E-state index is -0.558. The molecule has 1 amide bonds. The number of benzene rings is 1. The van der Waals surface area contributed by atoms with E-state index < -0.39 is 11.7 Å². The van der Waals surface area contributed by atoms with Crippen LogP contribution in [-0.4, -0.2) is 30.8 Å². The van der Waals surface area contributed by atoms with Crippen LogP contribution < -0.4 is 5.32 Å². The van der Waals surface area contributed by atoms with Gasteiger partial charge in [0.1, 0.15) is 11.6 Å². The fourth-order valence-corrected chi connectivity index (χ4v) is 1.37. The average Bonchev–Trinajstić information content (AvgIpc) is 2.36. The van der Waals surface area contributed by atoms with Crippen molar-refractivity contribution in [1.29, 1.82) is 0 Å². The van der Waals surface area contributed by atoms with Crippen LogP contribution in [0, 0.1) is 5.82 Å². The number of carbonyl (C=O) groups excluding carboxylic acids is 1. The summed E-state index contributed by atoms with van der Waals surface area (Å²) in [4.78, 5) is 11.6. The third-order valence-corrected chi connectivity index (χ3v) is 2.38. The summed E-state index contributed by atoms with van der Waals surface area (Å²) < 4.78 is 18.2. The summed E-state index contributed by atoms with van der Waals surface area (Å²) in [7, 11) is 0. The van der Waals surface area contributed by atoms with Crippen LogP contribution in [0.2, 0.25) is 0 Å². The van der Waals surface area contributed by atoms with E-state index in [-0.39, 0.29) is 11.3 Å². The molecule has 0 bridgehead atoms.